The lowest BCUT2D eigenvalue weighted by Crippen LogP contribution is -2.05. The highest BCUT2D eigenvalue weighted by molar-refractivity contribution is 7.99. The number of thioether (sulfide) groups is 1. The minimum absolute atomic E-state index is 0.434. The third-order valence-corrected chi connectivity index (χ3v) is 3.72. The van der Waals surface area contributed by atoms with E-state index in [4.69, 9.17) is 5.73 Å². The Hall–Kier alpha value is -2.00. The second-order valence-electron chi connectivity index (χ2n) is 4.32. The van der Waals surface area contributed by atoms with Crippen molar-refractivity contribution in [1.82, 2.24) is 0 Å². The predicted molar refractivity (Wildman–Crippen MR) is 86.5 cm³/mol. The van der Waals surface area contributed by atoms with E-state index in [2.05, 4.69) is 37.3 Å². The van der Waals surface area contributed by atoms with E-state index >= 15 is 0 Å². The molecule has 2 rings (SSSR count). The van der Waals surface area contributed by atoms with Crippen LogP contribution in [0, 0.1) is 0 Å². The zero-order valence-corrected chi connectivity index (χ0v) is 12.2. The molecule has 2 aromatic rings. The molecule has 0 aliphatic carbocycles. The standard InChI is InChI=1S/C17H17NOS/c1-2-20-16-9-7-14(8-10-16)15-5-3-4-13(12-15)6-11-17(18)19/h3-12H,2H2,1H3,(H2,18,19)/b11-6-. The van der Waals surface area contributed by atoms with Crippen LogP contribution in [0.15, 0.2) is 59.5 Å². The number of nitrogens with two attached hydrogens (primary N) is 1. The van der Waals surface area contributed by atoms with Crippen molar-refractivity contribution >= 4 is 23.7 Å². The zero-order valence-electron chi connectivity index (χ0n) is 11.4. The number of hydrogen-bond donors (Lipinski definition) is 1. The summed E-state index contributed by atoms with van der Waals surface area (Å²) in [5, 5.41) is 0. The number of amides is 1. The first kappa shape index (κ1) is 14.4. The minimum Gasteiger partial charge on any atom is -0.366 e. The first-order valence-corrected chi connectivity index (χ1v) is 7.48. The molecule has 3 heteroatoms. The van der Waals surface area contributed by atoms with E-state index < -0.39 is 5.91 Å². The summed E-state index contributed by atoms with van der Waals surface area (Å²) >= 11 is 1.83. The van der Waals surface area contributed by atoms with Crippen molar-refractivity contribution < 1.29 is 4.79 Å². The van der Waals surface area contributed by atoms with Gasteiger partial charge in [0, 0.05) is 11.0 Å². The second kappa shape index (κ2) is 6.96. The van der Waals surface area contributed by atoms with E-state index in [1.165, 1.54) is 16.5 Å². The van der Waals surface area contributed by atoms with Crippen molar-refractivity contribution in [2.75, 3.05) is 5.75 Å². The Bertz CT molecular complexity index is 617. The number of primary amides is 1. The molecule has 0 saturated heterocycles. The van der Waals surface area contributed by atoms with Crippen molar-refractivity contribution in [3.8, 4) is 11.1 Å². The van der Waals surface area contributed by atoms with Crippen LogP contribution in [-0.2, 0) is 4.79 Å². The van der Waals surface area contributed by atoms with Gasteiger partial charge >= 0.3 is 0 Å². The van der Waals surface area contributed by atoms with E-state index in [-0.39, 0.29) is 0 Å². The Morgan fingerprint density at radius 3 is 2.55 bits per heavy atom. The first-order chi connectivity index (χ1) is 9.69. The highest BCUT2D eigenvalue weighted by Gasteiger charge is 1.99. The average molecular weight is 283 g/mol. The van der Waals surface area contributed by atoms with Crippen LogP contribution in [0.3, 0.4) is 0 Å². The van der Waals surface area contributed by atoms with E-state index in [1.807, 2.05) is 30.0 Å². The third-order valence-electron chi connectivity index (χ3n) is 2.83. The maximum atomic E-state index is 10.8. The molecule has 0 saturated carbocycles. The fourth-order valence-corrected chi connectivity index (χ4v) is 2.57. The van der Waals surface area contributed by atoms with Crippen LogP contribution in [0.5, 0.6) is 0 Å². The maximum Gasteiger partial charge on any atom is 0.241 e. The topological polar surface area (TPSA) is 43.1 Å². The molecule has 0 aliphatic heterocycles. The van der Waals surface area contributed by atoms with Crippen molar-refractivity contribution in [1.29, 1.82) is 0 Å². The molecule has 0 unspecified atom stereocenters. The van der Waals surface area contributed by atoms with Crippen molar-refractivity contribution in [2.45, 2.75) is 11.8 Å². The van der Waals surface area contributed by atoms with Gasteiger partial charge in [-0.3, -0.25) is 4.79 Å². The highest BCUT2D eigenvalue weighted by atomic mass is 32.2. The Balaban J connectivity index is 2.24. The van der Waals surface area contributed by atoms with Crippen molar-refractivity contribution in [3.63, 3.8) is 0 Å². The van der Waals surface area contributed by atoms with Gasteiger partial charge in [0.15, 0.2) is 0 Å². The smallest absolute Gasteiger partial charge is 0.241 e. The molecule has 20 heavy (non-hydrogen) atoms. The molecule has 2 nitrogen and oxygen atoms in total. The lowest BCUT2D eigenvalue weighted by Gasteiger charge is -2.05. The molecule has 0 aliphatic rings. The summed E-state index contributed by atoms with van der Waals surface area (Å²) in [4.78, 5) is 12.0. The van der Waals surface area contributed by atoms with Gasteiger partial charge in [0.05, 0.1) is 0 Å². The van der Waals surface area contributed by atoms with Gasteiger partial charge in [-0.05, 0) is 46.7 Å². The molecule has 0 fully saturated rings. The summed E-state index contributed by atoms with van der Waals surface area (Å²) < 4.78 is 0. The molecular formula is C17H17NOS. The molecule has 1 amide bonds. The molecule has 102 valence electrons. The lowest BCUT2D eigenvalue weighted by atomic mass is 10.0. The van der Waals surface area contributed by atoms with E-state index in [0.29, 0.717) is 0 Å². The lowest BCUT2D eigenvalue weighted by molar-refractivity contribution is -0.113. The van der Waals surface area contributed by atoms with Gasteiger partial charge in [0.1, 0.15) is 0 Å². The van der Waals surface area contributed by atoms with Crippen LogP contribution < -0.4 is 5.73 Å². The summed E-state index contributed by atoms with van der Waals surface area (Å²) in [6.45, 7) is 2.15. The largest absolute Gasteiger partial charge is 0.366 e. The summed E-state index contributed by atoms with van der Waals surface area (Å²) in [6, 6.07) is 16.5. The SMILES string of the molecule is CCSc1ccc(-c2cccc(/C=C\C(N)=O)c2)cc1. The Morgan fingerprint density at radius 2 is 1.90 bits per heavy atom. The molecule has 0 radical (unpaired) electrons. The van der Waals surface area contributed by atoms with Gasteiger partial charge < -0.3 is 5.73 Å². The Labute approximate surface area is 123 Å². The number of carbonyl (C=O) groups is 1. The van der Waals surface area contributed by atoms with Crippen LogP contribution in [0.1, 0.15) is 12.5 Å². The maximum absolute atomic E-state index is 10.8. The van der Waals surface area contributed by atoms with Crippen LogP contribution in [0.2, 0.25) is 0 Å². The summed E-state index contributed by atoms with van der Waals surface area (Å²) in [5.41, 5.74) is 8.37. The monoisotopic (exact) mass is 283 g/mol. The van der Waals surface area contributed by atoms with Gasteiger partial charge in [-0.2, -0.15) is 0 Å². The number of benzene rings is 2. The second-order valence-corrected chi connectivity index (χ2v) is 5.66. The van der Waals surface area contributed by atoms with E-state index in [9.17, 15) is 4.79 Å². The zero-order chi connectivity index (χ0) is 14.4. The highest BCUT2D eigenvalue weighted by Crippen LogP contribution is 2.25. The molecule has 2 aromatic carbocycles. The van der Waals surface area contributed by atoms with Crippen molar-refractivity contribution in [3.05, 3.63) is 60.2 Å². The van der Waals surface area contributed by atoms with Crippen LogP contribution in [0.4, 0.5) is 0 Å². The van der Waals surface area contributed by atoms with Gasteiger partial charge in [-0.25, -0.2) is 0 Å². The van der Waals surface area contributed by atoms with Crippen LogP contribution in [-0.4, -0.2) is 11.7 Å². The molecule has 0 heterocycles. The van der Waals surface area contributed by atoms with Crippen molar-refractivity contribution in [2.24, 2.45) is 5.73 Å². The summed E-state index contributed by atoms with van der Waals surface area (Å²) in [6.07, 6.45) is 3.10. The van der Waals surface area contributed by atoms with Gasteiger partial charge in [0.25, 0.3) is 0 Å². The summed E-state index contributed by atoms with van der Waals surface area (Å²) in [7, 11) is 0. The summed E-state index contributed by atoms with van der Waals surface area (Å²) in [5.74, 6) is 0.642. The fraction of sp³-hybridized carbons (Fsp3) is 0.118. The quantitative estimate of drug-likeness (QED) is 0.666. The molecule has 0 bridgehead atoms. The normalized spacial score (nSPS) is 10.8. The van der Waals surface area contributed by atoms with Gasteiger partial charge in [-0.1, -0.05) is 37.3 Å². The number of hydrogen-bond acceptors (Lipinski definition) is 2. The molecule has 0 aromatic heterocycles. The molecule has 0 atom stereocenters. The minimum atomic E-state index is -0.434. The Morgan fingerprint density at radius 1 is 1.15 bits per heavy atom. The number of carbonyl (C=O) groups excluding carboxylic acids is 1. The van der Waals surface area contributed by atoms with Crippen LogP contribution in [0.25, 0.3) is 17.2 Å². The van der Waals surface area contributed by atoms with Gasteiger partial charge in [-0.15, -0.1) is 11.8 Å². The predicted octanol–water partition coefficient (Wildman–Crippen LogP) is 3.96. The average Bonchev–Trinajstić information content (AvgIpc) is 2.47. The van der Waals surface area contributed by atoms with Crippen LogP contribution >= 0.6 is 11.8 Å². The molecular weight excluding hydrogens is 266 g/mol. The molecule has 0 spiro atoms. The molecule has 2 N–H and O–H groups in total. The van der Waals surface area contributed by atoms with Gasteiger partial charge in [0.2, 0.25) is 5.91 Å². The third kappa shape index (κ3) is 4.00. The van der Waals surface area contributed by atoms with E-state index in [0.717, 1.165) is 16.9 Å². The Kier molecular flexibility index (Phi) is 5.02. The van der Waals surface area contributed by atoms with E-state index in [1.54, 1.807) is 6.08 Å². The fourth-order valence-electron chi connectivity index (χ4n) is 1.91. The first-order valence-electron chi connectivity index (χ1n) is 6.50. The number of rotatable bonds is 5.